The van der Waals surface area contributed by atoms with Gasteiger partial charge in [-0.15, -0.1) is 0 Å². The van der Waals surface area contributed by atoms with Gasteiger partial charge in [0.25, 0.3) is 0 Å². The molecule has 3 N–H and O–H groups in total. The minimum Gasteiger partial charge on any atom is -0.368 e. The maximum absolute atomic E-state index is 10.7. The minimum atomic E-state index is -0.0959. The van der Waals surface area contributed by atoms with Crippen LogP contribution in [0.3, 0.4) is 0 Å². The van der Waals surface area contributed by atoms with Crippen LogP contribution in [0.25, 0.3) is 0 Å². The zero-order chi connectivity index (χ0) is 13.8. The molecule has 0 spiro atoms. The number of carbonyl (C=O) groups is 1. The van der Waals surface area contributed by atoms with E-state index in [0.29, 0.717) is 13.0 Å². The number of rotatable bonds is 3. The van der Waals surface area contributed by atoms with Crippen molar-refractivity contribution in [3.8, 4) is 0 Å². The molecule has 1 unspecified atom stereocenters. The van der Waals surface area contributed by atoms with Crippen LogP contribution in [-0.2, 0) is 4.79 Å². The molecule has 1 rings (SSSR count). The van der Waals surface area contributed by atoms with Crippen molar-refractivity contribution in [2.45, 2.75) is 54.1 Å². The van der Waals surface area contributed by atoms with Gasteiger partial charge in [-0.05, 0) is 13.8 Å². The Labute approximate surface area is 105 Å². The van der Waals surface area contributed by atoms with Gasteiger partial charge in [-0.2, -0.15) is 0 Å². The normalized spacial score (nSPS) is 17.6. The molecule has 17 heavy (non-hydrogen) atoms. The molecule has 0 aliphatic carbocycles. The molecule has 1 heterocycles. The van der Waals surface area contributed by atoms with Gasteiger partial charge in [0.15, 0.2) is 0 Å². The monoisotopic (exact) mass is 242 g/mol. The SMILES string of the molecule is CC.CC.CC(=O)CNC1CC(C)=NC(N)=N1. The molecule has 5 nitrogen and oxygen atoms in total. The third kappa shape index (κ3) is 9.68. The highest BCUT2D eigenvalue weighted by molar-refractivity contribution is 5.97. The highest BCUT2D eigenvalue weighted by Crippen LogP contribution is 2.02. The summed E-state index contributed by atoms with van der Waals surface area (Å²) in [6.07, 6.45) is 0.620. The molecular formula is C12H26N4O. The van der Waals surface area contributed by atoms with Crippen LogP contribution in [0, 0.1) is 0 Å². The molecule has 100 valence electrons. The van der Waals surface area contributed by atoms with Crippen molar-refractivity contribution < 1.29 is 4.79 Å². The zero-order valence-corrected chi connectivity index (χ0v) is 11.9. The summed E-state index contributed by atoms with van der Waals surface area (Å²) in [4.78, 5) is 18.7. The Morgan fingerprint density at radius 3 is 2.35 bits per heavy atom. The van der Waals surface area contributed by atoms with Gasteiger partial charge in [-0.3, -0.25) is 10.1 Å². The van der Waals surface area contributed by atoms with Crippen LogP contribution >= 0.6 is 0 Å². The first-order valence-corrected chi connectivity index (χ1v) is 6.18. The number of Topliss-reactive ketones (excluding diaryl/α,β-unsaturated/α-hetero) is 1. The maximum atomic E-state index is 10.7. The van der Waals surface area contributed by atoms with Crippen LogP contribution in [0.4, 0.5) is 0 Å². The van der Waals surface area contributed by atoms with Crippen molar-refractivity contribution in [1.29, 1.82) is 0 Å². The summed E-state index contributed by atoms with van der Waals surface area (Å²) in [6, 6.07) is 0. The smallest absolute Gasteiger partial charge is 0.216 e. The molecule has 0 fully saturated rings. The van der Waals surface area contributed by atoms with Crippen LogP contribution in [-0.4, -0.2) is 30.2 Å². The first-order valence-electron chi connectivity index (χ1n) is 6.18. The van der Waals surface area contributed by atoms with E-state index in [2.05, 4.69) is 15.3 Å². The summed E-state index contributed by atoms with van der Waals surface area (Å²) in [5.74, 6) is 0.374. The summed E-state index contributed by atoms with van der Waals surface area (Å²) in [5, 5.41) is 2.98. The number of nitrogens with two attached hydrogens (primary N) is 1. The second-order valence-corrected chi connectivity index (χ2v) is 3.14. The predicted molar refractivity (Wildman–Crippen MR) is 74.5 cm³/mol. The molecule has 1 aliphatic heterocycles. The van der Waals surface area contributed by atoms with Gasteiger partial charge in [0.2, 0.25) is 5.96 Å². The van der Waals surface area contributed by atoms with E-state index in [4.69, 9.17) is 5.73 Å². The van der Waals surface area contributed by atoms with Crippen molar-refractivity contribution in [2.24, 2.45) is 15.7 Å². The van der Waals surface area contributed by atoms with E-state index < -0.39 is 0 Å². The lowest BCUT2D eigenvalue weighted by molar-refractivity contribution is -0.116. The molecule has 0 aromatic rings. The van der Waals surface area contributed by atoms with Gasteiger partial charge < -0.3 is 5.73 Å². The molecule has 0 saturated carbocycles. The number of guanidine groups is 1. The minimum absolute atomic E-state index is 0.0916. The predicted octanol–water partition coefficient (Wildman–Crippen LogP) is 1.72. The fourth-order valence-corrected chi connectivity index (χ4v) is 1.13. The third-order valence-electron chi connectivity index (χ3n) is 1.67. The first kappa shape index (κ1) is 18.1. The van der Waals surface area contributed by atoms with Crippen LogP contribution in [0.1, 0.15) is 48.0 Å². The Morgan fingerprint density at radius 2 is 1.94 bits per heavy atom. The van der Waals surface area contributed by atoms with Gasteiger partial charge in [-0.1, -0.05) is 27.7 Å². The highest BCUT2D eigenvalue weighted by Gasteiger charge is 2.13. The van der Waals surface area contributed by atoms with Crippen molar-refractivity contribution >= 4 is 17.5 Å². The molecular weight excluding hydrogens is 216 g/mol. The lowest BCUT2D eigenvalue weighted by atomic mass is 10.2. The lowest BCUT2D eigenvalue weighted by Gasteiger charge is -2.17. The summed E-state index contributed by atoms with van der Waals surface area (Å²) in [5.41, 5.74) is 6.40. The highest BCUT2D eigenvalue weighted by atomic mass is 16.1. The van der Waals surface area contributed by atoms with Crippen LogP contribution in [0.2, 0.25) is 0 Å². The van der Waals surface area contributed by atoms with Gasteiger partial charge >= 0.3 is 0 Å². The van der Waals surface area contributed by atoms with Gasteiger partial charge in [0.05, 0.1) is 6.54 Å². The lowest BCUT2D eigenvalue weighted by Crippen LogP contribution is -2.37. The summed E-state index contributed by atoms with van der Waals surface area (Å²) < 4.78 is 0. The van der Waals surface area contributed by atoms with Crippen molar-refractivity contribution in [3.63, 3.8) is 0 Å². The Morgan fingerprint density at radius 1 is 1.41 bits per heavy atom. The number of ketones is 1. The standard InChI is InChI=1S/C8H14N4O.2C2H6/c1-5-3-7(10-4-6(2)13)12-8(9)11-5;2*1-2/h7,10H,3-4H2,1-2H3,(H2,9,12);2*1-2H3. The van der Waals surface area contributed by atoms with Gasteiger partial charge in [-0.25, -0.2) is 9.98 Å². The molecule has 0 bridgehead atoms. The van der Waals surface area contributed by atoms with Gasteiger partial charge in [0.1, 0.15) is 11.9 Å². The van der Waals surface area contributed by atoms with Crippen molar-refractivity contribution in [2.75, 3.05) is 6.54 Å². The fourth-order valence-electron chi connectivity index (χ4n) is 1.13. The maximum Gasteiger partial charge on any atom is 0.216 e. The Bertz CT molecular complexity index is 272. The second-order valence-electron chi connectivity index (χ2n) is 3.14. The zero-order valence-electron chi connectivity index (χ0n) is 11.9. The number of aliphatic imine (C=N–C) groups is 2. The molecule has 0 aromatic carbocycles. The second kappa shape index (κ2) is 11.3. The Hall–Kier alpha value is -1.23. The topological polar surface area (TPSA) is 79.8 Å². The third-order valence-corrected chi connectivity index (χ3v) is 1.67. The van der Waals surface area contributed by atoms with Crippen molar-refractivity contribution in [3.05, 3.63) is 0 Å². The molecule has 1 aliphatic rings. The van der Waals surface area contributed by atoms with E-state index in [-0.39, 0.29) is 17.9 Å². The summed E-state index contributed by atoms with van der Waals surface area (Å²) in [6.45, 7) is 11.8. The van der Waals surface area contributed by atoms with E-state index in [9.17, 15) is 4.79 Å². The molecule has 1 atom stereocenters. The number of hydrogen-bond acceptors (Lipinski definition) is 5. The van der Waals surface area contributed by atoms with E-state index in [1.807, 2.05) is 34.6 Å². The Kier molecular flexibility index (Phi) is 12.0. The molecule has 0 amide bonds. The van der Waals surface area contributed by atoms with Gasteiger partial charge in [0, 0.05) is 12.1 Å². The van der Waals surface area contributed by atoms with E-state index >= 15 is 0 Å². The number of nitrogens with one attached hydrogen (secondary N) is 1. The first-order chi connectivity index (χ1) is 8.08. The average Bonchev–Trinajstić information content (AvgIpc) is 2.30. The van der Waals surface area contributed by atoms with Crippen LogP contribution in [0.5, 0.6) is 0 Å². The molecule has 5 heteroatoms. The quantitative estimate of drug-likeness (QED) is 0.790. The molecule has 0 radical (unpaired) electrons. The Balaban J connectivity index is 0. The van der Waals surface area contributed by atoms with E-state index in [1.54, 1.807) is 0 Å². The van der Waals surface area contributed by atoms with Crippen LogP contribution in [0.15, 0.2) is 9.98 Å². The van der Waals surface area contributed by atoms with Crippen LogP contribution < -0.4 is 11.1 Å². The van der Waals surface area contributed by atoms with Crippen molar-refractivity contribution in [1.82, 2.24) is 5.32 Å². The summed E-state index contributed by atoms with van der Waals surface area (Å²) in [7, 11) is 0. The fraction of sp³-hybridized carbons (Fsp3) is 0.750. The largest absolute Gasteiger partial charge is 0.368 e. The molecule has 0 aromatic heterocycles. The number of hydrogen-bond donors (Lipinski definition) is 2. The molecule has 0 saturated heterocycles. The summed E-state index contributed by atoms with van der Waals surface area (Å²) >= 11 is 0. The number of nitrogens with zero attached hydrogens (tertiary/aromatic N) is 2. The number of carbonyl (C=O) groups excluding carboxylic acids is 1. The average molecular weight is 242 g/mol. The van der Waals surface area contributed by atoms with E-state index in [0.717, 1.165) is 5.71 Å². The van der Waals surface area contributed by atoms with E-state index in [1.165, 1.54) is 6.92 Å².